The van der Waals surface area contributed by atoms with E-state index in [1.807, 2.05) is 49.4 Å². The summed E-state index contributed by atoms with van der Waals surface area (Å²) in [7, 11) is 0. The first-order valence-corrected chi connectivity index (χ1v) is 9.81. The molecular formula is C21H22N2O2S. The van der Waals surface area contributed by atoms with E-state index in [0.29, 0.717) is 16.9 Å². The van der Waals surface area contributed by atoms with Gasteiger partial charge in [-0.15, -0.1) is 11.8 Å². The van der Waals surface area contributed by atoms with Gasteiger partial charge >= 0.3 is 0 Å². The van der Waals surface area contributed by atoms with Crippen LogP contribution in [0, 0.1) is 6.92 Å². The number of carbonyl (C=O) groups excluding carboxylic acids is 1. The van der Waals surface area contributed by atoms with Crippen LogP contribution in [-0.2, 0) is 17.0 Å². The Morgan fingerprint density at radius 1 is 1.15 bits per heavy atom. The first kappa shape index (κ1) is 18.3. The zero-order valence-electron chi connectivity index (χ0n) is 15.0. The van der Waals surface area contributed by atoms with Crippen molar-refractivity contribution >= 4 is 34.3 Å². The summed E-state index contributed by atoms with van der Waals surface area (Å²) in [5.74, 6) is 0.893. The number of benzene rings is 2. The van der Waals surface area contributed by atoms with Crippen LogP contribution in [0.5, 0.6) is 0 Å². The molecule has 134 valence electrons. The minimum atomic E-state index is -0.0322. The molecule has 26 heavy (non-hydrogen) atoms. The molecule has 0 saturated heterocycles. The molecule has 2 aromatic carbocycles. The van der Waals surface area contributed by atoms with E-state index in [1.54, 1.807) is 6.07 Å². The fourth-order valence-corrected chi connectivity index (χ4v) is 3.67. The predicted molar refractivity (Wildman–Crippen MR) is 110 cm³/mol. The second-order valence-corrected chi connectivity index (χ2v) is 7.19. The topological polar surface area (TPSA) is 62.0 Å². The third kappa shape index (κ3) is 4.17. The average molecular weight is 366 g/mol. The minimum absolute atomic E-state index is 0.0133. The van der Waals surface area contributed by atoms with Crippen molar-refractivity contribution in [3.05, 3.63) is 75.6 Å². The van der Waals surface area contributed by atoms with E-state index in [4.69, 9.17) is 0 Å². The second-order valence-electron chi connectivity index (χ2n) is 6.21. The Hall–Kier alpha value is -2.53. The highest BCUT2D eigenvalue weighted by Gasteiger charge is 2.08. The largest absolute Gasteiger partial charge is 0.357 e. The Labute approximate surface area is 157 Å². The number of pyridine rings is 1. The Bertz CT molecular complexity index is 995. The second kappa shape index (κ2) is 8.23. The van der Waals surface area contributed by atoms with E-state index in [-0.39, 0.29) is 11.3 Å². The quantitative estimate of drug-likeness (QED) is 0.685. The maximum atomic E-state index is 12.3. The van der Waals surface area contributed by atoms with Gasteiger partial charge in [0, 0.05) is 28.6 Å². The Morgan fingerprint density at radius 2 is 1.96 bits per heavy atom. The van der Waals surface area contributed by atoms with Gasteiger partial charge in [0.05, 0.1) is 11.3 Å². The third-order valence-corrected chi connectivity index (χ3v) is 5.27. The van der Waals surface area contributed by atoms with Gasteiger partial charge in [-0.1, -0.05) is 37.3 Å². The number of hydrogen-bond donors (Lipinski definition) is 2. The minimum Gasteiger partial charge on any atom is -0.357 e. The van der Waals surface area contributed by atoms with Gasteiger partial charge in [0.2, 0.25) is 5.91 Å². The van der Waals surface area contributed by atoms with E-state index in [2.05, 4.69) is 17.2 Å². The van der Waals surface area contributed by atoms with Gasteiger partial charge in [0.15, 0.2) is 5.43 Å². The van der Waals surface area contributed by atoms with E-state index < -0.39 is 0 Å². The van der Waals surface area contributed by atoms with Crippen molar-refractivity contribution in [1.82, 2.24) is 4.98 Å². The predicted octanol–water partition coefficient (Wildman–Crippen LogP) is 4.27. The van der Waals surface area contributed by atoms with Gasteiger partial charge in [0.1, 0.15) is 0 Å². The monoisotopic (exact) mass is 366 g/mol. The smallest absolute Gasteiger partial charge is 0.234 e. The highest BCUT2D eigenvalue weighted by Crippen LogP contribution is 2.18. The van der Waals surface area contributed by atoms with Gasteiger partial charge in [-0.3, -0.25) is 9.59 Å². The molecule has 1 amide bonds. The fraction of sp³-hybridized carbons (Fsp3) is 0.238. The van der Waals surface area contributed by atoms with Crippen LogP contribution in [0.4, 0.5) is 5.69 Å². The summed E-state index contributed by atoms with van der Waals surface area (Å²) in [6.45, 7) is 4.05. The van der Waals surface area contributed by atoms with Crippen LogP contribution in [0.3, 0.4) is 0 Å². The van der Waals surface area contributed by atoms with E-state index >= 15 is 0 Å². The molecule has 1 aromatic heterocycles. The molecule has 0 atom stereocenters. The summed E-state index contributed by atoms with van der Waals surface area (Å²) >= 11 is 1.49. The van der Waals surface area contributed by atoms with E-state index in [1.165, 1.54) is 11.8 Å². The van der Waals surface area contributed by atoms with Crippen molar-refractivity contribution in [2.75, 3.05) is 11.1 Å². The summed E-state index contributed by atoms with van der Waals surface area (Å²) in [4.78, 5) is 27.8. The van der Waals surface area contributed by atoms with Gasteiger partial charge in [-0.25, -0.2) is 0 Å². The van der Waals surface area contributed by atoms with Crippen LogP contribution in [0.25, 0.3) is 10.9 Å². The molecule has 0 spiro atoms. The number of fused-ring (bicyclic) bond motifs is 1. The number of thioether (sulfide) groups is 1. The molecule has 5 heteroatoms. The highest BCUT2D eigenvalue weighted by atomic mass is 32.2. The van der Waals surface area contributed by atoms with Crippen molar-refractivity contribution in [3.63, 3.8) is 0 Å². The number of nitrogens with one attached hydrogen (secondary N) is 2. The van der Waals surface area contributed by atoms with Crippen LogP contribution >= 0.6 is 11.8 Å². The SMILES string of the molecule is CCc1ccccc1NC(=O)CSCc1cc(=O)c2cccc(C)c2[nH]1. The number of aromatic amines is 1. The van der Waals surface area contributed by atoms with Crippen molar-refractivity contribution < 1.29 is 4.79 Å². The summed E-state index contributed by atoms with van der Waals surface area (Å²) in [6.07, 6.45) is 0.876. The maximum absolute atomic E-state index is 12.3. The van der Waals surface area contributed by atoms with Crippen molar-refractivity contribution in [2.24, 2.45) is 0 Å². The number of aryl methyl sites for hydroxylation is 2. The summed E-state index contributed by atoms with van der Waals surface area (Å²) < 4.78 is 0. The van der Waals surface area contributed by atoms with Crippen LogP contribution < -0.4 is 10.7 Å². The number of anilines is 1. The molecule has 0 bridgehead atoms. The van der Waals surface area contributed by atoms with Crippen molar-refractivity contribution in [3.8, 4) is 0 Å². The normalized spacial score (nSPS) is 10.8. The van der Waals surface area contributed by atoms with E-state index in [0.717, 1.165) is 34.4 Å². The molecule has 0 aliphatic heterocycles. The molecular weight excluding hydrogens is 344 g/mol. The van der Waals surface area contributed by atoms with Crippen molar-refractivity contribution in [2.45, 2.75) is 26.0 Å². The molecule has 0 saturated carbocycles. The Balaban J connectivity index is 1.63. The fourth-order valence-electron chi connectivity index (χ4n) is 2.94. The highest BCUT2D eigenvalue weighted by molar-refractivity contribution is 7.99. The Kier molecular flexibility index (Phi) is 5.78. The van der Waals surface area contributed by atoms with Crippen LogP contribution in [-0.4, -0.2) is 16.6 Å². The molecule has 0 unspecified atom stereocenters. The lowest BCUT2D eigenvalue weighted by molar-refractivity contribution is -0.113. The molecule has 0 aliphatic rings. The Morgan fingerprint density at radius 3 is 2.77 bits per heavy atom. The standard InChI is InChI=1S/C21H22N2O2S/c1-3-15-8-4-5-10-18(15)23-20(25)13-26-12-16-11-19(24)17-9-6-7-14(2)21(17)22-16/h4-11H,3,12-13H2,1-2H3,(H,22,24)(H,23,25). The zero-order valence-corrected chi connectivity index (χ0v) is 15.8. The van der Waals surface area contributed by atoms with Gasteiger partial charge < -0.3 is 10.3 Å². The third-order valence-electron chi connectivity index (χ3n) is 4.29. The summed E-state index contributed by atoms with van der Waals surface area (Å²) in [5.41, 5.74) is 4.76. The van der Waals surface area contributed by atoms with Gasteiger partial charge in [-0.05, 0) is 36.6 Å². The van der Waals surface area contributed by atoms with Crippen molar-refractivity contribution in [1.29, 1.82) is 0 Å². The van der Waals surface area contributed by atoms with Crippen LogP contribution in [0.2, 0.25) is 0 Å². The van der Waals surface area contributed by atoms with Gasteiger partial charge in [-0.2, -0.15) is 0 Å². The number of rotatable bonds is 6. The number of carbonyl (C=O) groups is 1. The number of hydrogen-bond acceptors (Lipinski definition) is 3. The van der Waals surface area contributed by atoms with E-state index in [9.17, 15) is 9.59 Å². The number of amides is 1. The number of aromatic nitrogens is 1. The van der Waals surface area contributed by atoms with Crippen LogP contribution in [0.15, 0.2) is 53.3 Å². The molecule has 4 nitrogen and oxygen atoms in total. The lowest BCUT2D eigenvalue weighted by atomic mass is 10.1. The lowest BCUT2D eigenvalue weighted by Gasteiger charge is -2.10. The number of H-pyrrole nitrogens is 1. The first-order valence-electron chi connectivity index (χ1n) is 8.65. The average Bonchev–Trinajstić information content (AvgIpc) is 2.63. The molecule has 1 heterocycles. The van der Waals surface area contributed by atoms with Gasteiger partial charge in [0.25, 0.3) is 0 Å². The molecule has 2 N–H and O–H groups in total. The molecule has 0 radical (unpaired) electrons. The first-order chi connectivity index (χ1) is 12.6. The molecule has 0 fully saturated rings. The molecule has 3 aromatic rings. The summed E-state index contributed by atoms with van der Waals surface area (Å²) in [5, 5.41) is 3.67. The maximum Gasteiger partial charge on any atom is 0.234 e. The molecule has 3 rings (SSSR count). The summed E-state index contributed by atoms with van der Waals surface area (Å²) in [6, 6.07) is 15.2. The number of para-hydroxylation sites is 2. The zero-order chi connectivity index (χ0) is 18.5. The lowest BCUT2D eigenvalue weighted by Crippen LogP contribution is -2.15. The van der Waals surface area contributed by atoms with Crippen LogP contribution in [0.1, 0.15) is 23.7 Å². The molecule has 0 aliphatic carbocycles.